The molecule has 0 radical (unpaired) electrons. The number of hydrogen-bond acceptors (Lipinski definition) is 6. The first-order valence-electron chi connectivity index (χ1n) is 10.2. The summed E-state index contributed by atoms with van der Waals surface area (Å²) in [6, 6.07) is 9.50. The number of carbonyl (C=O) groups is 4. The third-order valence-corrected chi connectivity index (χ3v) is 5.25. The van der Waals surface area contributed by atoms with Crippen molar-refractivity contribution in [3.05, 3.63) is 47.0 Å². The van der Waals surface area contributed by atoms with Gasteiger partial charge in [-0.25, -0.2) is 4.79 Å². The van der Waals surface area contributed by atoms with E-state index in [4.69, 9.17) is 21.1 Å². The second-order valence-corrected chi connectivity index (χ2v) is 7.81. The van der Waals surface area contributed by atoms with Gasteiger partial charge in [-0.05, 0) is 42.0 Å². The fraction of sp³-hybridized carbons (Fsp3) is 0.273. The van der Waals surface area contributed by atoms with Gasteiger partial charge in [0.2, 0.25) is 17.7 Å². The fourth-order valence-electron chi connectivity index (χ4n) is 3.41. The molecule has 5 amide bonds. The highest BCUT2D eigenvalue weighted by molar-refractivity contribution is 6.32. The summed E-state index contributed by atoms with van der Waals surface area (Å²) in [5.74, 6) is 0.0700. The number of amides is 5. The Kier molecular flexibility index (Phi) is 6.64. The molecule has 0 bridgehead atoms. The minimum absolute atomic E-state index is 0.00845. The maximum absolute atomic E-state index is 12.4. The van der Waals surface area contributed by atoms with E-state index >= 15 is 0 Å². The maximum atomic E-state index is 12.4. The lowest BCUT2D eigenvalue weighted by Gasteiger charge is -2.20. The molecular weight excluding hydrogens is 452 g/mol. The Morgan fingerprint density at radius 3 is 2.33 bits per heavy atom. The van der Waals surface area contributed by atoms with Crippen molar-refractivity contribution in [3.8, 4) is 11.5 Å². The molecule has 2 aromatic rings. The quantitative estimate of drug-likeness (QED) is 0.530. The van der Waals surface area contributed by atoms with Crippen LogP contribution in [0.2, 0.25) is 5.02 Å². The van der Waals surface area contributed by atoms with Gasteiger partial charge < -0.3 is 25.4 Å². The molecule has 2 aliphatic rings. The topological polar surface area (TPSA) is 126 Å². The number of urea groups is 1. The van der Waals surface area contributed by atoms with Crippen LogP contribution in [0.4, 0.5) is 16.2 Å². The highest BCUT2D eigenvalue weighted by Crippen LogP contribution is 2.38. The van der Waals surface area contributed by atoms with E-state index < -0.39 is 6.03 Å². The Hall–Kier alpha value is -3.79. The summed E-state index contributed by atoms with van der Waals surface area (Å²) in [6.07, 6.45) is 0.0768. The monoisotopic (exact) mass is 472 g/mol. The van der Waals surface area contributed by atoms with Crippen molar-refractivity contribution in [2.45, 2.75) is 12.8 Å². The number of fused-ring (bicyclic) bond motifs is 1. The number of ether oxygens (including phenoxy) is 2. The average molecular weight is 473 g/mol. The largest absolute Gasteiger partial charge is 0.486 e. The second-order valence-electron chi connectivity index (χ2n) is 7.41. The van der Waals surface area contributed by atoms with Gasteiger partial charge in [-0.2, -0.15) is 0 Å². The predicted octanol–water partition coefficient (Wildman–Crippen LogP) is 2.17. The molecule has 10 nitrogen and oxygen atoms in total. The summed E-state index contributed by atoms with van der Waals surface area (Å²) >= 11 is 6.21. The van der Waals surface area contributed by atoms with Crippen molar-refractivity contribution in [1.29, 1.82) is 0 Å². The number of nitrogens with zero attached hydrogens (tertiary/aromatic N) is 1. The standard InChI is InChI=1S/C22H21ClN4O6/c23-16-9-13(10-17-21(16)33-8-7-32-17)11-19(29)26-15-3-1-14(2-4-15)25-18(28)5-6-27-20(30)12-24-22(27)31/h1-4,9-10H,5-8,11-12H2,(H,24,31)(H,25,28)(H,26,29). The molecular formula is C22H21ClN4O6. The van der Waals surface area contributed by atoms with Crippen LogP contribution < -0.4 is 25.4 Å². The number of rotatable bonds is 7. The van der Waals surface area contributed by atoms with Gasteiger partial charge >= 0.3 is 6.03 Å². The first-order valence-corrected chi connectivity index (χ1v) is 10.6. The summed E-state index contributed by atoms with van der Waals surface area (Å²) in [4.78, 5) is 48.6. The van der Waals surface area contributed by atoms with Crippen LogP contribution in [0.15, 0.2) is 36.4 Å². The Morgan fingerprint density at radius 1 is 1.00 bits per heavy atom. The molecule has 2 aromatic carbocycles. The van der Waals surface area contributed by atoms with Gasteiger partial charge in [0, 0.05) is 24.3 Å². The molecule has 4 rings (SSSR count). The van der Waals surface area contributed by atoms with Crippen LogP contribution in [0, 0.1) is 0 Å². The van der Waals surface area contributed by atoms with Crippen molar-refractivity contribution >= 4 is 46.7 Å². The first kappa shape index (κ1) is 22.4. The minimum atomic E-state index is -0.494. The van der Waals surface area contributed by atoms with Crippen molar-refractivity contribution in [1.82, 2.24) is 10.2 Å². The van der Waals surface area contributed by atoms with Crippen LogP contribution in [0.3, 0.4) is 0 Å². The van der Waals surface area contributed by atoms with Crippen LogP contribution >= 0.6 is 11.6 Å². The van der Waals surface area contributed by atoms with E-state index in [1.54, 1.807) is 36.4 Å². The zero-order valence-electron chi connectivity index (χ0n) is 17.5. The summed E-state index contributed by atoms with van der Waals surface area (Å²) in [5, 5.41) is 8.27. The van der Waals surface area contributed by atoms with Gasteiger partial charge in [0.1, 0.15) is 13.2 Å². The number of benzene rings is 2. The van der Waals surface area contributed by atoms with Gasteiger partial charge in [0.05, 0.1) is 18.0 Å². The molecule has 0 atom stereocenters. The van der Waals surface area contributed by atoms with E-state index in [2.05, 4.69) is 16.0 Å². The van der Waals surface area contributed by atoms with E-state index in [1.807, 2.05) is 0 Å². The summed E-state index contributed by atoms with van der Waals surface area (Å²) in [6.45, 7) is 0.815. The summed E-state index contributed by atoms with van der Waals surface area (Å²) in [5.41, 5.74) is 1.77. The Balaban J connectivity index is 1.27. The highest BCUT2D eigenvalue weighted by Gasteiger charge is 2.28. The molecule has 0 aliphatic carbocycles. The SMILES string of the molecule is O=C(CCN1C(=O)CNC1=O)Nc1ccc(NC(=O)Cc2cc(Cl)c3c(c2)OCCO3)cc1. The number of nitrogens with one attached hydrogen (secondary N) is 3. The molecule has 0 saturated carbocycles. The smallest absolute Gasteiger partial charge is 0.324 e. The van der Waals surface area contributed by atoms with Crippen molar-refractivity contribution < 1.29 is 28.7 Å². The third-order valence-electron chi connectivity index (χ3n) is 4.97. The van der Waals surface area contributed by atoms with Gasteiger partial charge in [0.15, 0.2) is 11.5 Å². The van der Waals surface area contributed by atoms with E-state index in [0.29, 0.717) is 46.7 Å². The van der Waals surface area contributed by atoms with Gasteiger partial charge in [-0.3, -0.25) is 19.3 Å². The zero-order valence-corrected chi connectivity index (χ0v) is 18.2. The third kappa shape index (κ3) is 5.53. The molecule has 2 aliphatic heterocycles. The number of halogens is 1. The van der Waals surface area contributed by atoms with Crippen molar-refractivity contribution in [2.24, 2.45) is 0 Å². The van der Waals surface area contributed by atoms with Crippen LogP contribution in [0.1, 0.15) is 12.0 Å². The van der Waals surface area contributed by atoms with Gasteiger partial charge in [-0.15, -0.1) is 0 Å². The Bertz CT molecular complexity index is 1090. The summed E-state index contributed by atoms with van der Waals surface area (Å²) in [7, 11) is 0. The van der Waals surface area contributed by atoms with E-state index in [0.717, 1.165) is 4.90 Å². The van der Waals surface area contributed by atoms with Crippen LogP contribution in [0.5, 0.6) is 11.5 Å². The fourth-order valence-corrected chi connectivity index (χ4v) is 3.70. The molecule has 1 saturated heterocycles. The number of anilines is 2. The number of carbonyl (C=O) groups excluding carboxylic acids is 4. The lowest BCUT2D eigenvalue weighted by atomic mass is 10.1. The molecule has 0 spiro atoms. The zero-order chi connectivity index (χ0) is 23.4. The molecule has 0 unspecified atom stereocenters. The molecule has 33 heavy (non-hydrogen) atoms. The van der Waals surface area contributed by atoms with Gasteiger partial charge in [-0.1, -0.05) is 11.6 Å². The number of imide groups is 1. The lowest BCUT2D eigenvalue weighted by Crippen LogP contribution is -2.33. The molecule has 172 valence electrons. The highest BCUT2D eigenvalue weighted by atomic mass is 35.5. The molecule has 1 fully saturated rings. The normalized spacial score (nSPS) is 14.6. The first-order chi connectivity index (χ1) is 15.9. The van der Waals surface area contributed by atoms with E-state index in [9.17, 15) is 19.2 Å². The average Bonchev–Trinajstić information content (AvgIpc) is 3.11. The van der Waals surface area contributed by atoms with Crippen LogP contribution in [-0.4, -0.2) is 55.0 Å². The Morgan fingerprint density at radius 2 is 1.67 bits per heavy atom. The molecule has 3 N–H and O–H groups in total. The summed E-state index contributed by atoms with van der Waals surface area (Å²) < 4.78 is 11.0. The van der Waals surface area contributed by atoms with E-state index in [1.165, 1.54) is 0 Å². The minimum Gasteiger partial charge on any atom is -0.486 e. The second kappa shape index (κ2) is 9.78. The van der Waals surface area contributed by atoms with Crippen LogP contribution in [-0.2, 0) is 20.8 Å². The predicted molar refractivity (Wildman–Crippen MR) is 120 cm³/mol. The lowest BCUT2D eigenvalue weighted by molar-refractivity contribution is -0.125. The van der Waals surface area contributed by atoms with Gasteiger partial charge in [0.25, 0.3) is 0 Å². The van der Waals surface area contributed by atoms with E-state index in [-0.39, 0.29) is 43.7 Å². The maximum Gasteiger partial charge on any atom is 0.324 e. The molecule has 11 heteroatoms. The van der Waals surface area contributed by atoms with Crippen molar-refractivity contribution in [2.75, 3.05) is 36.9 Å². The Labute approximate surface area is 194 Å². The molecule has 0 aromatic heterocycles. The van der Waals surface area contributed by atoms with Crippen molar-refractivity contribution in [3.63, 3.8) is 0 Å². The van der Waals surface area contributed by atoms with Crippen LogP contribution in [0.25, 0.3) is 0 Å². The number of hydrogen-bond donors (Lipinski definition) is 3. The molecule has 2 heterocycles.